The van der Waals surface area contributed by atoms with E-state index in [0.29, 0.717) is 17.1 Å². The molecule has 1 aromatic carbocycles. The van der Waals surface area contributed by atoms with E-state index in [0.717, 1.165) is 4.47 Å². The molecular weight excluding hydrogens is 284 g/mol. The highest BCUT2D eigenvalue weighted by atomic mass is 79.9. The third-order valence-electron chi connectivity index (χ3n) is 2.06. The Hall–Kier alpha value is -1.88. The van der Waals surface area contributed by atoms with E-state index in [1.165, 1.54) is 0 Å². The van der Waals surface area contributed by atoms with Crippen LogP contribution in [0.1, 0.15) is 10.4 Å². The van der Waals surface area contributed by atoms with E-state index in [9.17, 15) is 4.79 Å². The summed E-state index contributed by atoms with van der Waals surface area (Å²) in [6, 6.07) is 8.55. The van der Waals surface area contributed by atoms with Crippen LogP contribution in [0.2, 0.25) is 0 Å². The molecule has 0 saturated heterocycles. The standard InChI is InChI=1S/C12H9BrN2O2/c13-8-5-9(7-15-6-8)17-11-4-2-1-3-10(11)12(14)16/h1-7H,(H2,14,16). The van der Waals surface area contributed by atoms with Gasteiger partial charge in [0.25, 0.3) is 5.91 Å². The molecule has 2 rings (SSSR count). The lowest BCUT2D eigenvalue weighted by molar-refractivity contribution is 0.0998. The zero-order chi connectivity index (χ0) is 12.3. The van der Waals surface area contributed by atoms with Crippen molar-refractivity contribution in [2.24, 2.45) is 5.73 Å². The topological polar surface area (TPSA) is 65.2 Å². The van der Waals surface area contributed by atoms with Crippen LogP contribution < -0.4 is 10.5 Å². The van der Waals surface area contributed by atoms with Gasteiger partial charge in [0.15, 0.2) is 0 Å². The van der Waals surface area contributed by atoms with Crippen LogP contribution in [0.3, 0.4) is 0 Å². The summed E-state index contributed by atoms with van der Waals surface area (Å²) in [4.78, 5) is 15.2. The molecule has 0 radical (unpaired) electrons. The van der Waals surface area contributed by atoms with Crippen molar-refractivity contribution in [1.29, 1.82) is 0 Å². The van der Waals surface area contributed by atoms with E-state index in [1.807, 2.05) is 0 Å². The van der Waals surface area contributed by atoms with Crippen molar-refractivity contribution in [2.45, 2.75) is 0 Å². The minimum Gasteiger partial charge on any atom is -0.455 e. The molecule has 0 aliphatic heterocycles. The average molecular weight is 293 g/mol. The van der Waals surface area contributed by atoms with Gasteiger partial charge in [-0.1, -0.05) is 12.1 Å². The van der Waals surface area contributed by atoms with Gasteiger partial charge in [-0.15, -0.1) is 0 Å². The Balaban J connectivity index is 2.33. The average Bonchev–Trinajstić information content (AvgIpc) is 2.29. The highest BCUT2D eigenvalue weighted by Gasteiger charge is 2.09. The number of nitrogens with zero attached hydrogens (tertiary/aromatic N) is 1. The number of carbonyl (C=O) groups excluding carboxylic acids is 1. The smallest absolute Gasteiger partial charge is 0.252 e. The lowest BCUT2D eigenvalue weighted by Crippen LogP contribution is -2.11. The van der Waals surface area contributed by atoms with Gasteiger partial charge in [-0.05, 0) is 34.1 Å². The van der Waals surface area contributed by atoms with Crippen molar-refractivity contribution in [3.8, 4) is 11.5 Å². The number of hydrogen-bond acceptors (Lipinski definition) is 3. The van der Waals surface area contributed by atoms with E-state index in [2.05, 4.69) is 20.9 Å². The maximum atomic E-state index is 11.2. The predicted octanol–water partition coefficient (Wildman–Crippen LogP) is 2.74. The van der Waals surface area contributed by atoms with Crippen molar-refractivity contribution >= 4 is 21.8 Å². The van der Waals surface area contributed by atoms with Crippen LogP contribution in [0, 0.1) is 0 Å². The summed E-state index contributed by atoms with van der Waals surface area (Å²) < 4.78 is 6.36. The minimum absolute atomic E-state index is 0.340. The Morgan fingerprint density at radius 3 is 2.76 bits per heavy atom. The normalized spacial score (nSPS) is 9.94. The number of amides is 1. The van der Waals surface area contributed by atoms with Crippen LogP contribution in [-0.2, 0) is 0 Å². The van der Waals surface area contributed by atoms with Crippen molar-refractivity contribution in [3.05, 3.63) is 52.8 Å². The number of rotatable bonds is 3. The second kappa shape index (κ2) is 4.97. The highest BCUT2D eigenvalue weighted by Crippen LogP contribution is 2.26. The largest absolute Gasteiger partial charge is 0.455 e. The summed E-state index contributed by atoms with van der Waals surface area (Å²) in [5.74, 6) is 0.427. The summed E-state index contributed by atoms with van der Waals surface area (Å²) in [5, 5.41) is 0. The first-order valence-electron chi connectivity index (χ1n) is 4.84. The predicted molar refractivity (Wildman–Crippen MR) is 67.0 cm³/mol. The molecule has 0 fully saturated rings. The number of primary amides is 1. The number of halogens is 1. The second-order valence-corrected chi connectivity index (χ2v) is 4.22. The first-order valence-corrected chi connectivity index (χ1v) is 5.63. The number of pyridine rings is 1. The van der Waals surface area contributed by atoms with Gasteiger partial charge in [0.2, 0.25) is 0 Å². The van der Waals surface area contributed by atoms with Gasteiger partial charge in [-0.25, -0.2) is 0 Å². The molecule has 17 heavy (non-hydrogen) atoms. The first kappa shape index (κ1) is 11.6. The molecule has 0 aliphatic rings. The van der Waals surface area contributed by atoms with Crippen LogP contribution in [0.15, 0.2) is 47.2 Å². The fraction of sp³-hybridized carbons (Fsp3) is 0. The summed E-state index contributed by atoms with van der Waals surface area (Å²) in [6.07, 6.45) is 3.20. The van der Waals surface area contributed by atoms with Gasteiger partial charge in [-0.3, -0.25) is 9.78 Å². The zero-order valence-electron chi connectivity index (χ0n) is 8.76. The van der Waals surface area contributed by atoms with E-state index < -0.39 is 5.91 Å². The van der Waals surface area contributed by atoms with Gasteiger partial charge in [0.1, 0.15) is 11.5 Å². The lowest BCUT2D eigenvalue weighted by atomic mass is 10.2. The number of para-hydroxylation sites is 1. The molecular formula is C12H9BrN2O2. The van der Waals surface area contributed by atoms with Crippen molar-refractivity contribution < 1.29 is 9.53 Å². The van der Waals surface area contributed by atoms with Gasteiger partial charge < -0.3 is 10.5 Å². The lowest BCUT2D eigenvalue weighted by Gasteiger charge is -2.08. The van der Waals surface area contributed by atoms with Gasteiger partial charge >= 0.3 is 0 Å². The van der Waals surface area contributed by atoms with Crippen LogP contribution in [0.4, 0.5) is 0 Å². The molecule has 4 nitrogen and oxygen atoms in total. The Bertz CT molecular complexity index is 558. The van der Waals surface area contributed by atoms with Gasteiger partial charge in [-0.2, -0.15) is 0 Å². The summed E-state index contributed by atoms with van der Waals surface area (Å²) >= 11 is 3.29. The molecule has 0 saturated carbocycles. The third kappa shape index (κ3) is 2.82. The molecule has 2 aromatic rings. The van der Waals surface area contributed by atoms with Gasteiger partial charge in [0.05, 0.1) is 11.8 Å². The second-order valence-electron chi connectivity index (χ2n) is 3.30. The minimum atomic E-state index is -0.524. The molecule has 1 aromatic heterocycles. The molecule has 0 unspecified atom stereocenters. The molecule has 0 atom stereocenters. The highest BCUT2D eigenvalue weighted by molar-refractivity contribution is 9.10. The van der Waals surface area contributed by atoms with E-state index in [1.54, 1.807) is 42.7 Å². The number of carbonyl (C=O) groups is 1. The number of benzene rings is 1. The number of nitrogens with two attached hydrogens (primary N) is 1. The quantitative estimate of drug-likeness (QED) is 0.946. The molecule has 0 bridgehead atoms. The maximum Gasteiger partial charge on any atom is 0.252 e. The van der Waals surface area contributed by atoms with Gasteiger partial charge in [0, 0.05) is 10.7 Å². The Labute approximate surface area is 107 Å². The van der Waals surface area contributed by atoms with Crippen LogP contribution >= 0.6 is 15.9 Å². The molecule has 2 N–H and O–H groups in total. The third-order valence-corrected chi connectivity index (χ3v) is 2.49. The monoisotopic (exact) mass is 292 g/mol. The number of ether oxygens (including phenoxy) is 1. The Morgan fingerprint density at radius 1 is 1.29 bits per heavy atom. The van der Waals surface area contributed by atoms with E-state index in [4.69, 9.17) is 10.5 Å². The summed E-state index contributed by atoms with van der Waals surface area (Å²) in [5.41, 5.74) is 5.59. The Kier molecular flexibility index (Phi) is 3.39. The van der Waals surface area contributed by atoms with Crippen molar-refractivity contribution in [2.75, 3.05) is 0 Å². The molecule has 0 aliphatic carbocycles. The van der Waals surface area contributed by atoms with E-state index in [-0.39, 0.29) is 0 Å². The molecule has 1 amide bonds. The molecule has 86 valence electrons. The number of hydrogen-bond donors (Lipinski definition) is 1. The molecule has 5 heteroatoms. The zero-order valence-corrected chi connectivity index (χ0v) is 10.3. The maximum absolute atomic E-state index is 11.2. The number of aromatic nitrogens is 1. The van der Waals surface area contributed by atoms with Crippen molar-refractivity contribution in [3.63, 3.8) is 0 Å². The SMILES string of the molecule is NC(=O)c1ccccc1Oc1cncc(Br)c1. The Morgan fingerprint density at radius 2 is 2.06 bits per heavy atom. The molecule has 1 heterocycles. The first-order chi connectivity index (χ1) is 8.16. The fourth-order valence-corrected chi connectivity index (χ4v) is 1.68. The summed E-state index contributed by atoms with van der Waals surface area (Å²) in [7, 11) is 0. The van der Waals surface area contributed by atoms with Crippen LogP contribution in [0.25, 0.3) is 0 Å². The van der Waals surface area contributed by atoms with Crippen LogP contribution in [-0.4, -0.2) is 10.9 Å². The fourth-order valence-electron chi connectivity index (χ4n) is 1.33. The van der Waals surface area contributed by atoms with Crippen molar-refractivity contribution in [1.82, 2.24) is 4.98 Å². The van der Waals surface area contributed by atoms with Crippen LogP contribution in [0.5, 0.6) is 11.5 Å². The summed E-state index contributed by atoms with van der Waals surface area (Å²) in [6.45, 7) is 0. The molecule has 0 spiro atoms. The van der Waals surface area contributed by atoms with E-state index >= 15 is 0 Å².